The van der Waals surface area contributed by atoms with Crippen LogP contribution in [0.1, 0.15) is 19.3 Å². The van der Waals surface area contributed by atoms with Gasteiger partial charge in [0.25, 0.3) is 0 Å². The first kappa shape index (κ1) is 14.4. The van der Waals surface area contributed by atoms with Gasteiger partial charge in [-0.3, -0.25) is 0 Å². The monoisotopic (exact) mass is 238 g/mol. The quantitative estimate of drug-likeness (QED) is 0.569. The number of hydrogen-bond donors (Lipinski definition) is 2. The predicted octanol–water partition coefficient (Wildman–Crippen LogP) is 1.72. The normalized spacial score (nSPS) is 18.8. The Balaban J connectivity index is 1.78. The van der Waals surface area contributed by atoms with Gasteiger partial charge >= 0.3 is 0 Å². The largest absolute Gasteiger partial charge is 0.381 e. The molecule has 0 aromatic carbocycles. The zero-order chi connectivity index (χ0) is 12.2. The third-order valence-corrected chi connectivity index (χ3v) is 2.82. The molecule has 0 aliphatic heterocycles. The van der Waals surface area contributed by atoms with E-state index in [2.05, 4.69) is 34.9 Å². The van der Waals surface area contributed by atoms with E-state index in [-0.39, 0.29) is 0 Å². The topological polar surface area (TPSA) is 33.3 Å². The van der Waals surface area contributed by atoms with Crippen molar-refractivity contribution in [3.05, 3.63) is 24.3 Å². The van der Waals surface area contributed by atoms with Crippen LogP contribution < -0.4 is 10.6 Å². The highest BCUT2D eigenvalue weighted by Gasteiger charge is 2.04. The van der Waals surface area contributed by atoms with Crippen molar-refractivity contribution in [1.82, 2.24) is 10.6 Å². The Morgan fingerprint density at radius 3 is 2.82 bits per heavy atom. The molecule has 0 aromatic rings. The molecule has 3 heteroatoms. The average molecular weight is 238 g/mol. The molecule has 0 amide bonds. The van der Waals surface area contributed by atoms with Gasteiger partial charge in [-0.2, -0.15) is 0 Å². The minimum absolute atomic E-state index is 0.587. The van der Waals surface area contributed by atoms with Gasteiger partial charge in [0, 0.05) is 12.5 Å². The van der Waals surface area contributed by atoms with E-state index in [1.807, 2.05) is 7.05 Å². The van der Waals surface area contributed by atoms with Crippen molar-refractivity contribution in [3.8, 4) is 0 Å². The van der Waals surface area contributed by atoms with Gasteiger partial charge in [0.1, 0.15) is 0 Å². The molecule has 0 aromatic heterocycles. The van der Waals surface area contributed by atoms with Crippen molar-refractivity contribution in [1.29, 1.82) is 0 Å². The van der Waals surface area contributed by atoms with E-state index >= 15 is 0 Å². The maximum atomic E-state index is 5.66. The summed E-state index contributed by atoms with van der Waals surface area (Å²) in [5.74, 6) is 0.587. The molecule has 1 rings (SSSR count). The summed E-state index contributed by atoms with van der Waals surface area (Å²) in [5.41, 5.74) is 0. The van der Waals surface area contributed by atoms with Gasteiger partial charge in [-0.05, 0) is 45.9 Å². The van der Waals surface area contributed by atoms with Gasteiger partial charge in [0.05, 0.1) is 6.61 Å². The number of allylic oxidation sites excluding steroid dienone is 3. The van der Waals surface area contributed by atoms with Crippen LogP contribution in [-0.4, -0.2) is 39.9 Å². The summed E-state index contributed by atoms with van der Waals surface area (Å²) < 4.78 is 5.66. The predicted molar refractivity (Wildman–Crippen MR) is 73.2 cm³/mol. The lowest BCUT2D eigenvalue weighted by molar-refractivity contribution is 0.111. The van der Waals surface area contributed by atoms with Crippen LogP contribution in [0.2, 0.25) is 0 Å². The summed E-state index contributed by atoms with van der Waals surface area (Å²) in [6.45, 7) is 4.97. The van der Waals surface area contributed by atoms with Crippen molar-refractivity contribution in [3.63, 3.8) is 0 Å². The SMILES string of the molecule is CNCCCNCCCOCC1C=CC=CC1. The average Bonchev–Trinajstić information content (AvgIpc) is 2.38. The summed E-state index contributed by atoms with van der Waals surface area (Å²) in [6, 6.07) is 0. The summed E-state index contributed by atoms with van der Waals surface area (Å²) in [5, 5.41) is 6.55. The standard InChI is InChI=1S/C14H26N2O/c1-15-9-5-10-16-11-6-12-17-13-14-7-3-2-4-8-14/h2-4,7,14-16H,5-6,8-13H2,1H3. The molecule has 1 atom stereocenters. The molecule has 1 unspecified atom stereocenters. The van der Waals surface area contributed by atoms with Gasteiger partial charge < -0.3 is 15.4 Å². The van der Waals surface area contributed by atoms with E-state index in [9.17, 15) is 0 Å². The van der Waals surface area contributed by atoms with E-state index in [4.69, 9.17) is 4.74 Å². The van der Waals surface area contributed by atoms with Crippen molar-refractivity contribution in [2.45, 2.75) is 19.3 Å². The summed E-state index contributed by atoms with van der Waals surface area (Å²) in [7, 11) is 1.99. The Morgan fingerprint density at radius 2 is 2.06 bits per heavy atom. The molecule has 0 saturated heterocycles. The van der Waals surface area contributed by atoms with Gasteiger partial charge in [0.2, 0.25) is 0 Å². The highest BCUT2D eigenvalue weighted by atomic mass is 16.5. The zero-order valence-electron chi connectivity index (χ0n) is 11.0. The first-order valence-electron chi connectivity index (χ1n) is 6.70. The third kappa shape index (κ3) is 8.13. The maximum absolute atomic E-state index is 5.66. The van der Waals surface area contributed by atoms with Crippen molar-refractivity contribution in [2.24, 2.45) is 5.92 Å². The molecule has 1 aliphatic carbocycles. The fraction of sp³-hybridized carbons (Fsp3) is 0.714. The molecule has 0 fully saturated rings. The van der Waals surface area contributed by atoms with Crippen LogP contribution in [0.5, 0.6) is 0 Å². The second-order valence-electron chi connectivity index (χ2n) is 4.44. The van der Waals surface area contributed by atoms with Crippen molar-refractivity contribution < 1.29 is 4.74 Å². The smallest absolute Gasteiger partial charge is 0.0531 e. The van der Waals surface area contributed by atoms with Gasteiger partial charge in [-0.15, -0.1) is 0 Å². The van der Waals surface area contributed by atoms with E-state index in [0.29, 0.717) is 5.92 Å². The molecule has 2 N–H and O–H groups in total. The van der Waals surface area contributed by atoms with Crippen LogP contribution in [0.25, 0.3) is 0 Å². The molecule has 0 bridgehead atoms. The van der Waals surface area contributed by atoms with Crippen LogP contribution in [0.4, 0.5) is 0 Å². The Labute approximate surface area is 105 Å². The van der Waals surface area contributed by atoms with Crippen molar-refractivity contribution in [2.75, 3.05) is 39.9 Å². The van der Waals surface area contributed by atoms with E-state index in [1.165, 1.54) is 6.42 Å². The fourth-order valence-electron chi connectivity index (χ4n) is 1.80. The molecule has 98 valence electrons. The third-order valence-electron chi connectivity index (χ3n) is 2.82. The van der Waals surface area contributed by atoms with Crippen LogP contribution in [0.15, 0.2) is 24.3 Å². The van der Waals surface area contributed by atoms with E-state index in [1.54, 1.807) is 0 Å². The molecular formula is C14H26N2O. The highest BCUT2D eigenvalue weighted by molar-refractivity contribution is 5.10. The Morgan fingerprint density at radius 1 is 1.18 bits per heavy atom. The fourth-order valence-corrected chi connectivity index (χ4v) is 1.80. The molecular weight excluding hydrogens is 212 g/mol. The lowest BCUT2D eigenvalue weighted by Crippen LogP contribution is -2.22. The molecule has 0 spiro atoms. The van der Waals surface area contributed by atoms with Crippen LogP contribution in [-0.2, 0) is 4.74 Å². The van der Waals surface area contributed by atoms with Crippen LogP contribution in [0, 0.1) is 5.92 Å². The minimum atomic E-state index is 0.587. The molecule has 1 aliphatic rings. The summed E-state index contributed by atoms with van der Waals surface area (Å²) in [4.78, 5) is 0. The lowest BCUT2D eigenvalue weighted by atomic mass is 10.0. The molecule has 0 heterocycles. The van der Waals surface area contributed by atoms with E-state index < -0.39 is 0 Å². The number of rotatable bonds is 10. The Hall–Kier alpha value is -0.640. The lowest BCUT2D eigenvalue weighted by Gasteiger charge is -2.13. The van der Waals surface area contributed by atoms with E-state index in [0.717, 1.165) is 45.7 Å². The van der Waals surface area contributed by atoms with Crippen LogP contribution >= 0.6 is 0 Å². The number of nitrogens with one attached hydrogen (secondary N) is 2. The first-order valence-corrected chi connectivity index (χ1v) is 6.70. The summed E-state index contributed by atoms with van der Waals surface area (Å²) in [6.07, 6.45) is 12.1. The number of ether oxygens (including phenoxy) is 1. The summed E-state index contributed by atoms with van der Waals surface area (Å²) >= 11 is 0. The van der Waals surface area contributed by atoms with Gasteiger partial charge in [-0.25, -0.2) is 0 Å². The number of hydrogen-bond acceptors (Lipinski definition) is 3. The minimum Gasteiger partial charge on any atom is -0.381 e. The molecule has 17 heavy (non-hydrogen) atoms. The second-order valence-corrected chi connectivity index (χ2v) is 4.44. The van der Waals surface area contributed by atoms with Crippen LogP contribution in [0.3, 0.4) is 0 Å². The Bertz CT molecular complexity index is 226. The Kier molecular flexibility index (Phi) is 8.92. The second kappa shape index (κ2) is 10.5. The van der Waals surface area contributed by atoms with Gasteiger partial charge in [0.15, 0.2) is 0 Å². The highest BCUT2D eigenvalue weighted by Crippen LogP contribution is 2.11. The maximum Gasteiger partial charge on any atom is 0.0531 e. The first-order chi connectivity index (χ1) is 8.43. The zero-order valence-corrected chi connectivity index (χ0v) is 11.0. The molecule has 0 saturated carbocycles. The molecule has 0 radical (unpaired) electrons. The van der Waals surface area contributed by atoms with Gasteiger partial charge in [-0.1, -0.05) is 24.3 Å². The molecule has 3 nitrogen and oxygen atoms in total. The van der Waals surface area contributed by atoms with Crippen molar-refractivity contribution >= 4 is 0 Å².